The molecular formula is C17H17N3O2. The maximum absolute atomic E-state index is 12.6. The number of imidazole rings is 1. The molecule has 0 spiro atoms. The fourth-order valence-corrected chi connectivity index (χ4v) is 2.39. The molecule has 5 heteroatoms. The largest absolute Gasteiger partial charge is 0.497 e. The number of carbonyl (C=O) groups is 1. The van der Waals surface area contributed by atoms with Crippen molar-refractivity contribution in [3.05, 3.63) is 54.4 Å². The Bertz CT molecular complexity index is 822. The lowest BCUT2D eigenvalue weighted by molar-refractivity contribution is 0.0993. The van der Waals surface area contributed by atoms with Gasteiger partial charge in [0, 0.05) is 25.3 Å². The molecule has 0 aliphatic carbocycles. The number of rotatable bonds is 3. The third kappa shape index (κ3) is 2.41. The van der Waals surface area contributed by atoms with Gasteiger partial charge in [-0.15, -0.1) is 0 Å². The summed E-state index contributed by atoms with van der Waals surface area (Å²) in [6.45, 7) is 0. The number of nitrogens with zero attached hydrogens (tertiary/aromatic N) is 3. The van der Waals surface area contributed by atoms with E-state index in [4.69, 9.17) is 4.74 Å². The van der Waals surface area contributed by atoms with Crippen molar-refractivity contribution in [3.63, 3.8) is 0 Å². The zero-order chi connectivity index (χ0) is 15.7. The van der Waals surface area contributed by atoms with Crippen LogP contribution in [0.15, 0.2) is 48.8 Å². The first-order valence-electron chi connectivity index (χ1n) is 6.93. The first-order chi connectivity index (χ1) is 10.6. The normalized spacial score (nSPS) is 10.7. The number of aryl methyl sites for hydroxylation is 1. The smallest absolute Gasteiger partial charge is 0.258 e. The number of aromatic nitrogens is 2. The molecule has 1 amide bonds. The first-order valence-corrected chi connectivity index (χ1v) is 6.93. The summed E-state index contributed by atoms with van der Waals surface area (Å²) in [4.78, 5) is 18.5. The summed E-state index contributed by atoms with van der Waals surface area (Å²) in [6, 6.07) is 12.9. The maximum Gasteiger partial charge on any atom is 0.258 e. The Hall–Kier alpha value is -2.82. The van der Waals surface area contributed by atoms with Gasteiger partial charge in [0.2, 0.25) is 0 Å². The molecule has 0 fully saturated rings. The summed E-state index contributed by atoms with van der Waals surface area (Å²) in [5.41, 5.74) is 3.25. The Balaban J connectivity index is 1.89. The van der Waals surface area contributed by atoms with Crippen LogP contribution in [0.5, 0.6) is 5.75 Å². The average Bonchev–Trinajstić information content (AvgIpc) is 2.94. The number of anilines is 1. The highest BCUT2D eigenvalue weighted by atomic mass is 16.5. The van der Waals surface area contributed by atoms with Gasteiger partial charge in [-0.2, -0.15) is 0 Å². The first kappa shape index (κ1) is 14.1. The molecule has 0 radical (unpaired) electrons. The van der Waals surface area contributed by atoms with Crippen LogP contribution in [-0.4, -0.2) is 29.6 Å². The van der Waals surface area contributed by atoms with E-state index in [1.54, 1.807) is 25.4 Å². The number of ether oxygens (including phenoxy) is 1. The molecule has 1 aromatic heterocycles. The topological polar surface area (TPSA) is 47.4 Å². The second-order valence-electron chi connectivity index (χ2n) is 5.12. The molecule has 3 rings (SSSR count). The van der Waals surface area contributed by atoms with Crippen molar-refractivity contribution in [2.24, 2.45) is 7.05 Å². The Kier molecular flexibility index (Phi) is 3.55. The molecule has 0 N–H and O–H groups in total. The zero-order valence-corrected chi connectivity index (χ0v) is 12.8. The van der Waals surface area contributed by atoms with E-state index in [0.29, 0.717) is 5.56 Å². The highest BCUT2D eigenvalue weighted by molar-refractivity contribution is 6.07. The van der Waals surface area contributed by atoms with Crippen molar-refractivity contribution in [2.75, 3.05) is 19.1 Å². The Morgan fingerprint density at radius 2 is 1.91 bits per heavy atom. The number of methoxy groups -OCH3 is 1. The molecular weight excluding hydrogens is 278 g/mol. The number of benzene rings is 2. The SMILES string of the molecule is COc1ccc(N(C)C(=O)c2ccc3c(c2)ncn3C)cc1. The van der Waals surface area contributed by atoms with Gasteiger partial charge in [-0.3, -0.25) is 4.79 Å². The molecule has 112 valence electrons. The molecule has 0 unspecified atom stereocenters. The Labute approximate surface area is 128 Å². The van der Waals surface area contributed by atoms with E-state index in [1.165, 1.54) is 0 Å². The van der Waals surface area contributed by atoms with Crippen molar-refractivity contribution < 1.29 is 9.53 Å². The van der Waals surface area contributed by atoms with Crippen LogP contribution >= 0.6 is 0 Å². The van der Waals surface area contributed by atoms with Crippen LogP contribution in [-0.2, 0) is 7.05 Å². The molecule has 2 aromatic carbocycles. The van der Waals surface area contributed by atoms with Crippen LogP contribution in [0.2, 0.25) is 0 Å². The fraction of sp³-hybridized carbons (Fsp3) is 0.176. The quantitative estimate of drug-likeness (QED) is 0.746. The molecule has 0 aliphatic heterocycles. The highest BCUT2D eigenvalue weighted by Gasteiger charge is 2.14. The van der Waals surface area contributed by atoms with Gasteiger partial charge in [-0.05, 0) is 42.5 Å². The van der Waals surface area contributed by atoms with E-state index in [2.05, 4.69) is 4.98 Å². The molecule has 22 heavy (non-hydrogen) atoms. The number of carbonyl (C=O) groups excluding carboxylic acids is 1. The molecule has 5 nitrogen and oxygen atoms in total. The van der Waals surface area contributed by atoms with Crippen LogP contribution in [0.25, 0.3) is 11.0 Å². The predicted octanol–water partition coefficient (Wildman–Crippen LogP) is 2.86. The van der Waals surface area contributed by atoms with Crippen LogP contribution in [0, 0.1) is 0 Å². The molecule has 0 saturated carbocycles. The number of hydrogen-bond donors (Lipinski definition) is 0. The van der Waals surface area contributed by atoms with Crippen molar-refractivity contribution in [2.45, 2.75) is 0 Å². The van der Waals surface area contributed by atoms with Gasteiger partial charge in [0.15, 0.2) is 0 Å². The summed E-state index contributed by atoms with van der Waals surface area (Å²) in [5.74, 6) is 0.692. The van der Waals surface area contributed by atoms with Crippen molar-refractivity contribution in [3.8, 4) is 5.75 Å². The molecule has 3 aromatic rings. The summed E-state index contributed by atoms with van der Waals surface area (Å²) in [7, 11) is 5.30. The van der Waals surface area contributed by atoms with E-state index >= 15 is 0 Å². The molecule has 0 atom stereocenters. The molecule has 1 heterocycles. The van der Waals surface area contributed by atoms with E-state index in [9.17, 15) is 4.79 Å². The summed E-state index contributed by atoms with van der Waals surface area (Å²) < 4.78 is 7.06. The minimum atomic E-state index is -0.0716. The van der Waals surface area contributed by atoms with E-state index < -0.39 is 0 Å². The van der Waals surface area contributed by atoms with Gasteiger partial charge in [-0.1, -0.05) is 0 Å². The summed E-state index contributed by atoms with van der Waals surface area (Å²) in [6.07, 6.45) is 1.74. The van der Waals surface area contributed by atoms with E-state index in [-0.39, 0.29) is 5.91 Å². The van der Waals surface area contributed by atoms with E-state index in [0.717, 1.165) is 22.5 Å². The number of fused-ring (bicyclic) bond motifs is 1. The van der Waals surface area contributed by atoms with Gasteiger partial charge in [-0.25, -0.2) is 4.98 Å². The van der Waals surface area contributed by atoms with Gasteiger partial charge in [0.05, 0.1) is 24.5 Å². The van der Waals surface area contributed by atoms with Crippen molar-refractivity contribution in [1.29, 1.82) is 0 Å². The second kappa shape index (κ2) is 5.52. The van der Waals surface area contributed by atoms with Gasteiger partial charge in [0.1, 0.15) is 5.75 Å². The van der Waals surface area contributed by atoms with Gasteiger partial charge < -0.3 is 14.2 Å². The van der Waals surface area contributed by atoms with Crippen molar-refractivity contribution >= 4 is 22.6 Å². The Morgan fingerprint density at radius 3 is 2.59 bits per heavy atom. The second-order valence-corrected chi connectivity index (χ2v) is 5.12. The monoisotopic (exact) mass is 295 g/mol. The summed E-state index contributed by atoms with van der Waals surface area (Å²) in [5, 5.41) is 0. The summed E-state index contributed by atoms with van der Waals surface area (Å²) >= 11 is 0. The fourth-order valence-electron chi connectivity index (χ4n) is 2.39. The van der Waals surface area contributed by atoms with Crippen LogP contribution < -0.4 is 9.64 Å². The average molecular weight is 295 g/mol. The standard InChI is InChI=1S/C17H17N3O2/c1-19-11-18-15-10-12(4-9-16(15)19)17(21)20(2)13-5-7-14(22-3)8-6-13/h4-11H,1-3H3. The van der Waals surface area contributed by atoms with Gasteiger partial charge in [0.25, 0.3) is 5.91 Å². The van der Waals surface area contributed by atoms with Crippen molar-refractivity contribution in [1.82, 2.24) is 9.55 Å². The number of hydrogen-bond acceptors (Lipinski definition) is 3. The lowest BCUT2D eigenvalue weighted by atomic mass is 10.1. The Morgan fingerprint density at radius 1 is 1.18 bits per heavy atom. The molecule has 0 saturated heterocycles. The van der Waals surface area contributed by atoms with Crippen LogP contribution in [0.4, 0.5) is 5.69 Å². The highest BCUT2D eigenvalue weighted by Crippen LogP contribution is 2.21. The third-order valence-corrected chi connectivity index (χ3v) is 3.74. The van der Waals surface area contributed by atoms with Gasteiger partial charge >= 0.3 is 0 Å². The lowest BCUT2D eigenvalue weighted by Crippen LogP contribution is -2.26. The third-order valence-electron chi connectivity index (χ3n) is 3.74. The number of amides is 1. The minimum absolute atomic E-state index is 0.0716. The van der Waals surface area contributed by atoms with E-state index in [1.807, 2.05) is 54.1 Å². The minimum Gasteiger partial charge on any atom is -0.497 e. The molecule has 0 bridgehead atoms. The molecule has 0 aliphatic rings. The lowest BCUT2D eigenvalue weighted by Gasteiger charge is -2.17. The zero-order valence-electron chi connectivity index (χ0n) is 12.8. The van der Waals surface area contributed by atoms with Crippen LogP contribution in [0.3, 0.4) is 0 Å². The maximum atomic E-state index is 12.6. The van der Waals surface area contributed by atoms with Crippen LogP contribution in [0.1, 0.15) is 10.4 Å². The predicted molar refractivity (Wildman–Crippen MR) is 86.4 cm³/mol.